The zero-order valence-electron chi connectivity index (χ0n) is 17.9. The predicted octanol–water partition coefficient (Wildman–Crippen LogP) is 5.14. The van der Waals surface area contributed by atoms with Gasteiger partial charge >= 0.3 is 0 Å². The van der Waals surface area contributed by atoms with Gasteiger partial charge in [-0.25, -0.2) is 0 Å². The van der Waals surface area contributed by atoms with Gasteiger partial charge in [0.2, 0.25) is 0 Å². The van der Waals surface area contributed by atoms with Gasteiger partial charge in [0, 0.05) is 23.4 Å². The van der Waals surface area contributed by atoms with Gasteiger partial charge in [0.1, 0.15) is 11.5 Å². The molecule has 1 atom stereocenters. The monoisotopic (exact) mass is 478 g/mol. The molecule has 34 heavy (non-hydrogen) atoms. The first-order valence-corrected chi connectivity index (χ1v) is 10.7. The molecule has 4 rings (SSSR count). The molecule has 1 unspecified atom stereocenters. The van der Waals surface area contributed by atoms with Gasteiger partial charge in [0.25, 0.3) is 17.4 Å². The molecular weight excluding hydrogens is 460 g/mol. The van der Waals surface area contributed by atoms with Crippen LogP contribution in [0.1, 0.15) is 29.7 Å². The van der Waals surface area contributed by atoms with Gasteiger partial charge in [-0.2, -0.15) is 0 Å². The van der Waals surface area contributed by atoms with Crippen LogP contribution in [0.4, 0.5) is 11.4 Å². The Morgan fingerprint density at radius 3 is 2.26 bits per heavy atom. The van der Waals surface area contributed by atoms with Crippen molar-refractivity contribution in [3.05, 3.63) is 104 Å². The van der Waals surface area contributed by atoms with Crippen LogP contribution in [0, 0.1) is 10.1 Å². The van der Waals surface area contributed by atoms with E-state index in [4.69, 9.17) is 11.6 Å². The van der Waals surface area contributed by atoms with E-state index in [1.54, 1.807) is 12.1 Å². The van der Waals surface area contributed by atoms with Crippen LogP contribution in [-0.4, -0.2) is 26.8 Å². The maximum absolute atomic E-state index is 13.1. The van der Waals surface area contributed by atoms with E-state index in [1.807, 2.05) is 19.1 Å². The van der Waals surface area contributed by atoms with Crippen LogP contribution in [0.25, 0.3) is 5.76 Å². The number of Topliss-reactive ketones (excluding diaryl/α,β-unsaturated/α-hetero) is 1. The van der Waals surface area contributed by atoms with Crippen molar-refractivity contribution in [3.63, 3.8) is 0 Å². The number of aliphatic hydroxyl groups excluding tert-OH is 1. The Kier molecular flexibility index (Phi) is 6.08. The lowest BCUT2D eigenvalue weighted by atomic mass is 9.95. The molecule has 0 radical (unpaired) electrons. The highest BCUT2D eigenvalue weighted by atomic mass is 35.5. The van der Waals surface area contributed by atoms with E-state index in [0.29, 0.717) is 11.3 Å². The molecule has 9 heteroatoms. The molecule has 1 heterocycles. The Morgan fingerprint density at radius 1 is 1.06 bits per heavy atom. The summed E-state index contributed by atoms with van der Waals surface area (Å²) in [4.78, 5) is 37.9. The lowest BCUT2D eigenvalue weighted by molar-refractivity contribution is -0.384. The number of hydrogen-bond acceptors (Lipinski definition) is 6. The minimum Gasteiger partial charge on any atom is -0.507 e. The Morgan fingerprint density at radius 2 is 1.71 bits per heavy atom. The highest BCUT2D eigenvalue weighted by molar-refractivity contribution is 6.51. The largest absolute Gasteiger partial charge is 0.507 e. The summed E-state index contributed by atoms with van der Waals surface area (Å²) in [7, 11) is 0. The van der Waals surface area contributed by atoms with E-state index in [9.17, 15) is 29.9 Å². The number of phenolic OH excluding ortho intramolecular Hbond substituents is 1. The number of aliphatic hydroxyl groups is 1. The lowest BCUT2D eigenvalue weighted by Crippen LogP contribution is -2.29. The normalized spacial score (nSPS) is 17.2. The van der Waals surface area contributed by atoms with Gasteiger partial charge < -0.3 is 10.2 Å². The molecule has 1 fully saturated rings. The third-order valence-electron chi connectivity index (χ3n) is 5.71. The standard InChI is InChI=1S/C25H19ClN2O6/c1-2-14-3-8-17(9-4-14)27-22(16-7-12-20(29)19(26)13-16)21(24(31)25(27)32)23(30)15-5-10-18(11-6-15)28(33)34/h3-13,22,29-30H,2H2,1H3/b23-21-. The van der Waals surface area contributed by atoms with Crippen molar-refractivity contribution in [2.45, 2.75) is 19.4 Å². The van der Waals surface area contributed by atoms with Crippen LogP contribution in [0.2, 0.25) is 5.02 Å². The van der Waals surface area contributed by atoms with Gasteiger partial charge in [-0.05, 0) is 53.9 Å². The van der Waals surface area contributed by atoms with E-state index in [0.717, 1.165) is 12.0 Å². The maximum Gasteiger partial charge on any atom is 0.300 e. The summed E-state index contributed by atoms with van der Waals surface area (Å²) in [6.45, 7) is 1.99. The van der Waals surface area contributed by atoms with Crippen molar-refractivity contribution in [2.75, 3.05) is 4.90 Å². The third-order valence-corrected chi connectivity index (χ3v) is 6.01. The van der Waals surface area contributed by atoms with E-state index in [-0.39, 0.29) is 27.6 Å². The fraction of sp³-hybridized carbons (Fsp3) is 0.120. The number of anilines is 1. The van der Waals surface area contributed by atoms with Gasteiger partial charge in [0.15, 0.2) is 0 Å². The predicted molar refractivity (Wildman–Crippen MR) is 127 cm³/mol. The third kappa shape index (κ3) is 3.99. The number of aryl methyl sites for hydroxylation is 1. The first-order chi connectivity index (χ1) is 16.2. The summed E-state index contributed by atoms with van der Waals surface area (Å²) < 4.78 is 0. The molecule has 0 spiro atoms. The molecule has 0 bridgehead atoms. The van der Waals surface area contributed by atoms with Crippen molar-refractivity contribution in [1.82, 2.24) is 0 Å². The zero-order valence-corrected chi connectivity index (χ0v) is 18.7. The Balaban J connectivity index is 1.92. The van der Waals surface area contributed by atoms with Crippen LogP contribution in [-0.2, 0) is 16.0 Å². The molecule has 3 aromatic carbocycles. The Labute approximate surface area is 199 Å². The number of benzene rings is 3. The van der Waals surface area contributed by atoms with Crippen molar-refractivity contribution in [1.29, 1.82) is 0 Å². The average molecular weight is 479 g/mol. The smallest absolute Gasteiger partial charge is 0.300 e. The molecule has 0 aromatic heterocycles. The number of amides is 1. The van der Waals surface area contributed by atoms with Crippen molar-refractivity contribution >= 4 is 40.4 Å². The Hall–Kier alpha value is -4.17. The van der Waals surface area contributed by atoms with Gasteiger partial charge in [-0.15, -0.1) is 0 Å². The number of nitro groups is 1. The maximum atomic E-state index is 13.1. The van der Waals surface area contributed by atoms with E-state index >= 15 is 0 Å². The first-order valence-electron chi connectivity index (χ1n) is 10.4. The Bertz CT molecular complexity index is 1330. The molecule has 1 amide bonds. The highest BCUT2D eigenvalue weighted by Gasteiger charge is 2.47. The second-order valence-corrected chi connectivity index (χ2v) is 8.11. The van der Waals surface area contributed by atoms with E-state index < -0.39 is 28.4 Å². The number of carbonyl (C=O) groups excluding carboxylic acids is 2. The van der Waals surface area contributed by atoms with Gasteiger partial charge in [-0.3, -0.25) is 24.6 Å². The number of hydrogen-bond donors (Lipinski definition) is 2. The molecule has 8 nitrogen and oxygen atoms in total. The number of nitro benzene ring substituents is 1. The van der Waals surface area contributed by atoms with Crippen LogP contribution in [0.3, 0.4) is 0 Å². The summed E-state index contributed by atoms with van der Waals surface area (Å²) in [6.07, 6.45) is 0.788. The van der Waals surface area contributed by atoms with E-state index in [2.05, 4.69) is 0 Å². The van der Waals surface area contributed by atoms with Crippen molar-refractivity contribution in [3.8, 4) is 5.75 Å². The molecule has 2 N–H and O–H groups in total. The second kappa shape index (κ2) is 8.99. The topological polar surface area (TPSA) is 121 Å². The summed E-state index contributed by atoms with van der Waals surface area (Å²) in [5.41, 5.74) is 1.63. The first kappa shape index (κ1) is 23.0. The fourth-order valence-corrected chi connectivity index (χ4v) is 4.09. The quantitative estimate of drug-likeness (QED) is 0.172. The molecule has 1 aliphatic rings. The summed E-state index contributed by atoms with van der Waals surface area (Å²) in [5.74, 6) is -2.41. The van der Waals surface area contributed by atoms with Crippen LogP contribution >= 0.6 is 11.6 Å². The van der Waals surface area contributed by atoms with Crippen molar-refractivity contribution < 1.29 is 24.7 Å². The number of halogens is 1. The number of nitrogens with zero attached hydrogens (tertiary/aromatic N) is 2. The molecule has 3 aromatic rings. The van der Waals surface area contributed by atoms with Gasteiger partial charge in [0.05, 0.1) is 21.6 Å². The van der Waals surface area contributed by atoms with Gasteiger partial charge in [-0.1, -0.05) is 36.7 Å². The molecule has 172 valence electrons. The summed E-state index contributed by atoms with van der Waals surface area (Å²) in [6, 6.07) is 15.3. The highest BCUT2D eigenvalue weighted by Crippen LogP contribution is 2.43. The van der Waals surface area contributed by atoms with Crippen LogP contribution in [0.5, 0.6) is 5.75 Å². The number of carbonyl (C=O) groups is 2. The minimum absolute atomic E-state index is 0.0137. The minimum atomic E-state index is -1.04. The fourth-order valence-electron chi connectivity index (χ4n) is 3.90. The zero-order chi connectivity index (χ0) is 24.6. The number of aromatic hydroxyl groups is 1. The molecule has 1 aliphatic heterocycles. The van der Waals surface area contributed by atoms with Crippen LogP contribution in [0.15, 0.2) is 72.3 Å². The SMILES string of the molecule is CCc1ccc(N2C(=O)C(=O)/C(=C(\O)c3ccc([N+](=O)[O-])cc3)C2c2ccc(O)c(Cl)c2)cc1. The van der Waals surface area contributed by atoms with Crippen molar-refractivity contribution in [2.24, 2.45) is 0 Å². The summed E-state index contributed by atoms with van der Waals surface area (Å²) in [5, 5.41) is 31.9. The molecule has 1 saturated heterocycles. The number of phenols is 1. The number of ketones is 1. The molecule has 0 aliphatic carbocycles. The molecule has 0 saturated carbocycles. The second-order valence-electron chi connectivity index (χ2n) is 7.70. The van der Waals surface area contributed by atoms with E-state index in [1.165, 1.54) is 47.4 Å². The number of non-ortho nitro benzene ring substituents is 1. The number of rotatable bonds is 5. The average Bonchev–Trinajstić information content (AvgIpc) is 3.11. The lowest BCUT2D eigenvalue weighted by Gasteiger charge is -2.26. The molecular formula is C25H19ClN2O6. The summed E-state index contributed by atoms with van der Waals surface area (Å²) >= 11 is 6.11. The van der Waals surface area contributed by atoms with Crippen LogP contribution < -0.4 is 4.90 Å².